The van der Waals surface area contributed by atoms with Crippen molar-refractivity contribution in [1.82, 2.24) is 5.01 Å². The average molecular weight is 231 g/mol. The van der Waals surface area contributed by atoms with Gasteiger partial charge < -0.3 is 10.8 Å². The van der Waals surface area contributed by atoms with Crippen LogP contribution in [0.25, 0.3) is 0 Å². The summed E-state index contributed by atoms with van der Waals surface area (Å²) in [5.74, 6) is -2.76. The molecule has 0 amide bonds. The summed E-state index contributed by atoms with van der Waals surface area (Å²) in [6, 6.07) is 0. The SMILES string of the molecule is CCN(CCN)N=O.O=C(O)C(F)(F)F. The topological polar surface area (TPSA) is 96.0 Å². The molecule has 0 aromatic rings. The van der Waals surface area contributed by atoms with Gasteiger partial charge in [0, 0.05) is 13.1 Å². The number of carboxylic acids is 1. The van der Waals surface area contributed by atoms with E-state index in [0.717, 1.165) is 0 Å². The van der Waals surface area contributed by atoms with Crippen LogP contribution in [0.2, 0.25) is 0 Å². The maximum Gasteiger partial charge on any atom is 0.490 e. The molecular formula is C6H12F3N3O3. The van der Waals surface area contributed by atoms with E-state index in [1.807, 2.05) is 6.92 Å². The summed E-state index contributed by atoms with van der Waals surface area (Å²) >= 11 is 0. The minimum atomic E-state index is -5.08. The van der Waals surface area contributed by atoms with Gasteiger partial charge in [0.05, 0.1) is 11.8 Å². The van der Waals surface area contributed by atoms with Crippen LogP contribution in [0.5, 0.6) is 0 Å². The first-order valence-electron chi connectivity index (χ1n) is 3.88. The van der Waals surface area contributed by atoms with Crippen molar-refractivity contribution in [3.63, 3.8) is 0 Å². The van der Waals surface area contributed by atoms with Crippen LogP contribution in [-0.4, -0.2) is 41.9 Å². The molecular weight excluding hydrogens is 219 g/mol. The van der Waals surface area contributed by atoms with E-state index < -0.39 is 12.1 Å². The third kappa shape index (κ3) is 10.5. The highest BCUT2D eigenvalue weighted by Gasteiger charge is 2.38. The maximum atomic E-state index is 10.6. The fraction of sp³-hybridized carbons (Fsp3) is 0.833. The molecule has 6 nitrogen and oxygen atoms in total. The first kappa shape index (κ1) is 16.1. The molecule has 0 aliphatic heterocycles. The van der Waals surface area contributed by atoms with Gasteiger partial charge in [-0.2, -0.15) is 13.2 Å². The zero-order valence-corrected chi connectivity index (χ0v) is 7.99. The van der Waals surface area contributed by atoms with Gasteiger partial charge in [0.2, 0.25) is 0 Å². The first-order valence-corrected chi connectivity index (χ1v) is 3.88. The Morgan fingerprint density at radius 2 is 1.93 bits per heavy atom. The van der Waals surface area contributed by atoms with Crippen LogP contribution < -0.4 is 5.73 Å². The second-order valence-corrected chi connectivity index (χ2v) is 2.22. The van der Waals surface area contributed by atoms with Crippen LogP contribution in [0.3, 0.4) is 0 Å². The average Bonchev–Trinajstić information content (AvgIpc) is 2.13. The molecule has 9 heteroatoms. The molecule has 0 aromatic heterocycles. The molecule has 0 saturated carbocycles. The summed E-state index contributed by atoms with van der Waals surface area (Å²) in [4.78, 5) is 18.6. The molecule has 0 fully saturated rings. The predicted molar refractivity (Wildman–Crippen MR) is 45.8 cm³/mol. The first-order chi connectivity index (χ1) is 6.79. The van der Waals surface area contributed by atoms with Gasteiger partial charge in [0.25, 0.3) is 0 Å². The Labute approximate surface area is 83.8 Å². The summed E-state index contributed by atoms with van der Waals surface area (Å²) in [5.41, 5.74) is 5.14. The standard InChI is InChI=1S/C4H11N3O.C2HF3O2/c1-2-7(6-8)4-3-5;3-2(4,5)1(6)7/h2-5H2,1H3;(H,6,7). The van der Waals surface area contributed by atoms with Crippen molar-refractivity contribution in [2.75, 3.05) is 19.6 Å². The number of likely N-dealkylation sites (N-methyl/N-ethyl adjacent to an activating group) is 1. The molecule has 90 valence electrons. The number of hydrogen-bond donors (Lipinski definition) is 2. The van der Waals surface area contributed by atoms with Crippen LogP contribution in [0, 0.1) is 4.91 Å². The van der Waals surface area contributed by atoms with E-state index in [1.54, 1.807) is 0 Å². The molecule has 0 unspecified atom stereocenters. The molecule has 0 saturated heterocycles. The molecule has 0 radical (unpaired) electrons. The Morgan fingerprint density at radius 1 is 1.53 bits per heavy atom. The molecule has 0 rings (SSSR count). The highest BCUT2D eigenvalue weighted by molar-refractivity contribution is 5.73. The van der Waals surface area contributed by atoms with Crippen LogP contribution in [0.1, 0.15) is 6.92 Å². The smallest absolute Gasteiger partial charge is 0.475 e. The van der Waals surface area contributed by atoms with Gasteiger partial charge in [0.15, 0.2) is 0 Å². The van der Waals surface area contributed by atoms with Crippen LogP contribution >= 0.6 is 0 Å². The molecule has 3 N–H and O–H groups in total. The van der Waals surface area contributed by atoms with Crippen molar-refractivity contribution >= 4 is 5.97 Å². The third-order valence-corrected chi connectivity index (χ3v) is 1.11. The van der Waals surface area contributed by atoms with E-state index in [2.05, 4.69) is 5.29 Å². The zero-order chi connectivity index (χ0) is 12.5. The largest absolute Gasteiger partial charge is 0.490 e. The summed E-state index contributed by atoms with van der Waals surface area (Å²) in [7, 11) is 0. The Balaban J connectivity index is 0. The number of rotatable bonds is 4. The third-order valence-electron chi connectivity index (χ3n) is 1.11. The van der Waals surface area contributed by atoms with Crippen molar-refractivity contribution in [2.45, 2.75) is 13.1 Å². The van der Waals surface area contributed by atoms with Crippen LogP contribution in [0.4, 0.5) is 13.2 Å². The van der Waals surface area contributed by atoms with Gasteiger partial charge in [-0.1, -0.05) is 0 Å². The predicted octanol–water partition coefficient (Wildman–Crippen LogP) is 0.582. The summed E-state index contributed by atoms with van der Waals surface area (Å²) < 4.78 is 31.7. The second kappa shape index (κ2) is 7.97. The van der Waals surface area contributed by atoms with Gasteiger partial charge in [0.1, 0.15) is 0 Å². The van der Waals surface area contributed by atoms with Gasteiger partial charge in [-0.3, -0.25) is 5.01 Å². The van der Waals surface area contributed by atoms with Crippen LogP contribution in [-0.2, 0) is 4.79 Å². The fourth-order valence-corrected chi connectivity index (χ4v) is 0.406. The van der Waals surface area contributed by atoms with Crippen molar-refractivity contribution in [1.29, 1.82) is 0 Å². The number of carboxylic acid groups (broad SMARTS) is 1. The van der Waals surface area contributed by atoms with E-state index in [9.17, 15) is 18.1 Å². The summed E-state index contributed by atoms with van der Waals surface area (Å²) in [6.45, 7) is 3.54. The monoisotopic (exact) mass is 231 g/mol. The van der Waals surface area contributed by atoms with E-state index in [-0.39, 0.29) is 0 Å². The van der Waals surface area contributed by atoms with Crippen molar-refractivity contribution in [3.05, 3.63) is 4.91 Å². The number of carbonyl (C=O) groups is 1. The molecule has 0 aliphatic carbocycles. The molecule has 15 heavy (non-hydrogen) atoms. The van der Waals surface area contributed by atoms with Gasteiger partial charge in [-0.15, -0.1) is 4.91 Å². The van der Waals surface area contributed by atoms with Crippen LogP contribution in [0.15, 0.2) is 5.29 Å². The summed E-state index contributed by atoms with van der Waals surface area (Å²) in [5, 5.41) is 11.2. The quantitative estimate of drug-likeness (QED) is 0.545. The van der Waals surface area contributed by atoms with E-state index in [1.165, 1.54) is 5.01 Å². The molecule has 0 aromatic carbocycles. The molecule has 0 atom stereocenters. The molecule has 0 bridgehead atoms. The number of nitroso groups, excluding NO2 is 1. The number of nitrogens with two attached hydrogens (primary N) is 1. The maximum absolute atomic E-state index is 10.6. The number of hydrogen-bond acceptors (Lipinski definition) is 4. The lowest BCUT2D eigenvalue weighted by Gasteiger charge is -2.08. The number of aliphatic carboxylic acids is 1. The van der Waals surface area contributed by atoms with Crippen molar-refractivity contribution < 1.29 is 23.1 Å². The lowest BCUT2D eigenvalue weighted by Crippen LogP contribution is -2.23. The Bertz CT molecular complexity index is 198. The van der Waals surface area contributed by atoms with Gasteiger partial charge in [-0.05, 0) is 6.92 Å². The Hall–Kier alpha value is -1.38. The minimum Gasteiger partial charge on any atom is -0.475 e. The van der Waals surface area contributed by atoms with E-state index in [4.69, 9.17) is 15.6 Å². The normalized spacial score (nSPS) is 9.93. The number of nitrogens with zero attached hydrogens (tertiary/aromatic N) is 2. The number of alkyl halides is 3. The zero-order valence-electron chi connectivity index (χ0n) is 7.99. The minimum absolute atomic E-state index is 0.486. The molecule has 0 spiro atoms. The molecule has 0 heterocycles. The lowest BCUT2D eigenvalue weighted by atomic mass is 10.6. The number of halogens is 3. The lowest BCUT2D eigenvalue weighted by molar-refractivity contribution is -0.192. The van der Waals surface area contributed by atoms with Crippen molar-refractivity contribution in [3.8, 4) is 0 Å². The highest BCUT2D eigenvalue weighted by Crippen LogP contribution is 2.13. The Kier molecular flexibility index (Phi) is 8.54. The van der Waals surface area contributed by atoms with Gasteiger partial charge >= 0.3 is 12.1 Å². The highest BCUT2D eigenvalue weighted by atomic mass is 19.4. The summed E-state index contributed by atoms with van der Waals surface area (Å²) in [6.07, 6.45) is -5.08. The Morgan fingerprint density at radius 3 is 2.00 bits per heavy atom. The fourth-order valence-electron chi connectivity index (χ4n) is 0.406. The van der Waals surface area contributed by atoms with E-state index >= 15 is 0 Å². The second-order valence-electron chi connectivity index (χ2n) is 2.22. The molecule has 0 aliphatic rings. The van der Waals surface area contributed by atoms with Gasteiger partial charge in [-0.25, -0.2) is 4.79 Å². The van der Waals surface area contributed by atoms with Crippen molar-refractivity contribution in [2.24, 2.45) is 11.0 Å². The van der Waals surface area contributed by atoms with E-state index in [0.29, 0.717) is 19.6 Å².